The molecule has 0 spiro atoms. The number of rotatable bonds is 5. The van der Waals surface area contributed by atoms with Crippen molar-refractivity contribution in [3.63, 3.8) is 0 Å². The van der Waals surface area contributed by atoms with E-state index in [0.29, 0.717) is 5.69 Å². The topological polar surface area (TPSA) is 61.0 Å². The van der Waals surface area contributed by atoms with Gasteiger partial charge in [-0.25, -0.2) is 0 Å². The van der Waals surface area contributed by atoms with E-state index in [1.54, 1.807) is 0 Å². The maximum atomic E-state index is 12.6. The standard InChI is InChI=1S/C14H22N4O.ClH/c1-2-7-18(9-10-3-4-10)14(19)13-11-8-15-6-5-12(11)16-17-13;/h10,15H,2-9H2,1H3,(H,16,17);1H. The van der Waals surface area contributed by atoms with E-state index >= 15 is 0 Å². The highest BCUT2D eigenvalue weighted by Gasteiger charge is 2.30. The van der Waals surface area contributed by atoms with Gasteiger partial charge in [-0.15, -0.1) is 12.4 Å². The van der Waals surface area contributed by atoms with Crippen LogP contribution in [0.3, 0.4) is 0 Å². The summed E-state index contributed by atoms with van der Waals surface area (Å²) in [5, 5.41) is 10.6. The molecule has 1 aromatic heterocycles. The molecule has 0 radical (unpaired) electrons. The fourth-order valence-electron chi connectivity index (χ4n) is 2.71. The van der Waals surface area contributed by atoms with Crippen molar-refractivity contribution in [3.8, 4) is 0 Å². The highest BCUT2D eigenvalue weighted by atomic mass is 35.5. The van der Waals surface area contributed by atoms with Crippen LogP contribution in [0.2, 0.25) is 0 Å². The highest BCUT2D eigenvalue weighted by molar-refractivity contribution is 5.94. The van der Waals surface area contributed by atoms with Crippen molar-refractivity contribution < 1.29 is 4.79 Å². The van der Waals surface area contributed by atoms with Crippen molar-refractivity contribution in [1.82, 2.24) is 20.4 Å². The molecule has 2 aliphatic rings. The number of fused-ring (bicyclic) bond motifs is 1. The molecule has 1 aromatic rings. The first kappa shape index (κ1) is 15.3. The van der Waals surface area contributed by atoms with Gasteiger partial charge in [0.2, 0.25) is 0 Å². The van der Waals surface area contributed by atoms with Crippen LogP contribution in [0.5, 0.6) is 0 Å². The number of carbonyl (C=O) groups excluding carboxylic acids is 1. The lowest BCUT2D eigenvalue weighted by Crippen LogP contribution is -2.35. The number of nitrogens with zero attached hydrogens (tertiary/aromatic N) is 2. The van der Waals surface area contributed by atoms with Crippen LogP contribution in [0.25, 0.3) is 0 Å². The zero-order valence-corrected chi connectivity index (χ0v) is 12.8. The number of nitrogens with one attached hydrogen (secondary N) is 2. The Labute approximate surface area is 125 Å². The predicted molar refractivity (Wildman–Crippen MR) is 80.2 cm³/mol. The predicted octanol–water partition coefficient (Wildman–Crippen LogP) is 1.74. The Morgan fingerprint density at radius 1 is 1.45 bits per heavy atom. The Morgan fingerprint density at radius 2 is 2.25 bits per heavy atom. The van der Waals surface area contributed by atoms with Crippen LogP contribution >= 0.6 is 12.4 Å². The molecular formula is C14H23ClN4O. The van der Waals surface area contributed by atoms with Crippen LogP contribution < -0.4 is 5.32 Å². The average Bonchev–Trinajstić information content (AvgIpc) is 3.14. The van der Waals surface area contributed by atoms with Gasteiger partial charge in [-0.1, -0.05) is 6.92 Å². The summed E-state index contributed by atoms with van der Waals surface area (Å²) in [4.78, 5) is 14.6. The fourth-order valence-corrected chi connectivity index (χ4v) is 2.71. The number of hydrogen-bond acceptors (Lipinski definition) is 3. The lowest BCUT2D eigenvalue weighted by atomic mass is 10.1. The molecule has 1 amide bonds. The van der Waals surface area contributed by atoms with Gasteiger partial charge in [-0.05, 0) is 25.2 Å². The first-order chi connectivity index (χ1) is 9.29. The summed E-state index contributed by atoms with van der Waals surface area (Å²) < 4.78 is 0. The van der Waals surface area contributed by atoms with Gasteiger partial charge in [0, 0.05) is 43.9 Å². The Kier molecular flexibility index (Phi) is 5.05. The van der Waals surface area contributed by atoms with E-state index in [9.17, 15) is 4.79 Å². The molecule has 1 aliphatic heterocycles. The third-order valence-corrected chi connectivity index (χ3v) is 3.97. The minimum Gasteiger partial charge on any atom is -0.337 e. The van der Waals surface area contributed by atoms with Gasteiger partial charge in [0.15, 0.2) is 5.69 Å². The second-order valence-electron chi connectivity index (χ2n) is 5.65. The van der Waals surface area contributed by atoms with Crippen molar-refractivity contribution >= 4 is 18.3 Å². The summed E-state index contributed by atoms with van der Waals surface area (Å²) in [6.45, 7) is 5.58. The summed E-state index contributed by atoms with van der Waals surface area (Å²) in [5.41, 5.74) is 2.84. The quantitative estimate of drug-likeness (QED) is 0.870. The van der Waals surface area contributed by atoms with Crippen molar-refractivity contribution in [2.24, 2.45) is 5.92 Å². The maximum absolute atomic E-state index is 12.6. The molecule has 0 unspecified atom stereocenters. The number of carbonyl (C=O) groups is 1. The smallest absolute Gasteiger partial charge is 0.274 e. The van der Waals surface area contributed by atoms with E-state index in [1.165, 1.54) is 12.8 Å². The van der Waals surface area contributed by atoms with Crippen molar-refractivity contribution in [1.29, 1.82) is 0 Å². The Balaban J connectivity index is 0.00000147. The van der Waals surface area contributed by atoms with Crippen LogP contribution in [0.4, 0.5) is 0 Å². The van der Waals surface area contributed by atoms with E-state index in [2.05, 4.69) is 22.4 Å². The summed E-state index contributed by atoms with van der Waals surface area (Å²) >= 11 is 0. The van der Waals surface area contributed by atoms with Gasteiger partial charge in [0.05, 0.1) is 0 Å². The summed E-state index contributed by atoms with van der Waals surface area (Å²) in [6.07, 6.45) is 4.48. The minimum atomic E-state index is 0. The highest BCUT2D eigenvalue weighted by Crippen LogP contribution is 2.30. The molecule has 112 valence electrons. The second-order valence-corrected chi connectivity index (χ2v) is 5.65. The average molecular weight is 299 g/mol. The fraction of sp³-hybridized carbons (Fsp3) is 0.714. The molecule has 0 aromatic carbocycles. The Morgan fingerprint density at radius 3 is 2.95 bits per heavy atom. The first-order valence-corrected chi connectivity index (χ1v) is 7.35. The van der Waals surface area contributed by atoms with Crippen LogP contribution in [0, 0.1) is 5.92 Å². The number of amides is 1. The molecule has 2 N–H and O–H groups in total. The first-order valence-electron chi connectivity index (χ1n) is 7.35. The van der Waals surface area contributed by atoms with Crippen LogP contribution in [-0.4, -0.2) is 40.6 Å². The van der Waals surface area contributed by atoms with E-state index in [-0.39, 0.29) is 18.3 Å². The maximum Gasteiger partial charge on any atom is 0.274 e. The third-order valence-electron chi connectivity index (χ3n) is 3.97. The Hall–Kier alpha value is -1.07. The van der Waals surface area contributed by atoms with E-state index in [4.69, 9.17) is 0 Å². The molecule has 0 atom stereocenters. The van der Waals surface area contributed by atoms with Gasteiger partial charge in [0.25, 0.3) is 5.91 Å². The van der Waals surface area contributed by atoms with Gasteiger partial charge in [-0.3, -0.25) is 9.89 Å². The second kappa shape index (κ2) is 6.59. The molecule has 1 saturated carbocycles. The largest absolute Gasteiger partial charge is 0.337 e. The van der Waals surface area contributed by atoms with Crippen LogP contribution in [0.1, 0.15) is 47.9 Å². The number of aromatic amines is 1. The summed E-state index contributed by atoms with van der Waals surface area (Å²) in [6, 6.07) is 0. The van der Waals surface area contributed by atoms with Gasteiger partial charge in [0.1, 0.15) is 0 Å². The lowest BCUT2D eigenvalue weighted by molar-refractivity contribution is 0.0740. The zero-order chi connectivity index (χ0) is 13.2. The normalized spacial score (nSPS) is 17.2. The molecule has 20 heavy (non-hydrogen) atoms. The van der Waals surface area contributed by atoms with Crippen molar-refractivity contribution in [2.45, 2.75) is 39.2 Å². The zero-order valence-electron chi connectivity index (χ0n) is 11.9. The van der Waals surface area contributed by atoms with Crippen LogP contribution in [0.15, 0.2) is 0 Å². The van der Waals surface area contributed by atoms with E-state index in [0.717, 1.165) is 56.2 Å². The molecule has 0 bridgehead atoms. The molecular weight excluding hydrogens is 276 g/mol. The number of hydrogen-bond donors (Lipinski definition) is 2. The summed E-state index contributed by atoms with van der Waals surface area (Å²) in [7, 11) is 0. The number of H-pyrrole nitrogens is 1. The minimum absolute atomic E-state index is 0. The molecule has 1 aliphatic carbocycles. The molecule has 0 saturated heterocycles. The van der Waals surface area contributed by atoms with E-state index in [1.807, 2.05) is 4.90 Å². The molecule has 6 heteroatoms. The van der Waals surface area contributed by atoms with Gasteiger partial charge >= 0.3 is 0 Å². The van der Waals surface area contributed by atoms with Gasteiger partial charge < -0.3 is 10.2 Å². The molecule has 1 fully saturated rings. The number of halogens is 1. The lowest BCUT2D eigenvalue weighted by Gasteiger charge is -2.22. The molecule has 5 nitrogen and oxygen atoms in total. The third kappa shape index (κ3) is 3.15. The van der Waals surface area contributed by atoms with Gasteiger partial charge in [-0.2, -0.15) is 5.10 Å². The van der Waals surface area contributed by atoms with Crippen LogP contribution in [-0.2, 0) is 13.0 Å². The Bertz CT molecular complexity index is 470. The SMILES string of the molecule is CCCN(CC1CC1)C(=O)c1n[nH]c2c1CNCC2.Cl. The summed E-state index contributed by atoms with van der Waals surface area (Å²) in [5.74, 6) is 0.832. The number of aromatic nitrogens is 2. The van der Waals surface area contributed by atoms with Crippen molar-refractivity contribution in [3.05, 3.63) is 17.0 Å². The molecule has 3 rings (SSSR count). The van der Waals surface area contributed by atoms with Crippen molar-refractivity contribution in [2.75, 3.05) is 19.6 Å². The van der Waals surface area contributed by atoms with E-state index < -0.39 is 0 Å². The molecule has 2 heterocycles. The monoisotopic (exact) mass is 298 g/mol.